The van der Waals surface area contributed by atoms with Gasteiger partial charge < -0.3 is 24.8 Å². The van der Waals surface area contributed by atoms with E-state index in [-0.39, 0.29) is 11.0 Å². The van der Waals surface area contributed by atoms with Crippen LogP contribution in [0.2, 0.25) is 0 Å². The van der Waals surface area contributed by atoms with Gasteiger partial charge in [-0.05, 0) is 71.3 Å². The van der Waals surface area contributed by atoms with Crippen molar-refractivity contribution >= 4 is 37.5 Å². The van der Waals surface area contributed by atoms with Crippen LogP contribution in [0.5, 0.6) is 0 Å². The summed E-state index contributed by atoms with van der Waals surface area (Å²) in [6.07, 6.45) is -0.311. The molecule has 2 heterocycles. The molecule has 228 valence electrons. The minimum absolute atomic E-state index is 0.233. The Labute approximate surface area is 244 Å². The molecule has 3 N–H and O–H groups in total. The van der Waals surface area contributed by atoms with Gasteiger partial charge in [0.1, 0.15) is 5.60 Å². The van der Waals surface area contributed by atoms with Gasteiger partial charge in [0.15, 0.2) is 0 Å². The second-order valence-electron chi connectivity index (χ2n) is 10.6. The fourth-order valence-electron chi connectivity index (χ4n) is 4.33. The smallest absolute Gasteiger partial charge is 0.410 e. The first-order valence-electron chi connectivity index (χ1n) is 13.5. The third kappa shape index (κ3) is 9.30. The lowest BCUT2D eigenvalue weighted by Gasteiger charge is -2.36. The van der Waals surface area contributed by atoms with Crippen molar-refractivity contribution in [3.63, 3.8) is 0 Å². The number of benzene rings is 2. The molecule has 0 spiro atoms. The number of carbonyl (C=O) groups is 1. The van der Waals surface area contributed by atoms with E-state index in [1.54, 1.807) is 41.3 Å². The highest BCUT2D eigenvalue weighted by atomic mass is 32.2. The largest absolute Gasteiger partial charge is 0.444 e. The third-order valence-electron chi connectivity index (χ3n) is 6.57. The SMILES string of the molecule is CNS(=O)(=O)c1cccc(N2CCN(C(=O)OC(C)(C)C)CC2)c1.CNS(=O)(=O)c1cccc(N2CCNCC2)c1. The number of piperazine rings is 2. The topological polar surface area (TPSA) is 140 Å². The average molecular weight is 611 g/mol. The van der Waals surface area contributed by atoms with Gasteiger partial charge in [0.05, 0.1) is 9.79 Å². The standard InChI is InChI=1S/C16H25N3O4S.C11H17N3O2S/c1-16(2,3)23-15(20)19-10-8-18(9-11-19)13-6-5-7-14(12-13)24(21,22)17-4;1-12-17(15,16)11-4-2-3-10(9-11)14-7-5-13-6-8-14/h5-7,12,17H,8-11H2,1-4H3;2-4,9,12-13H,5-8H2,1H3. The number of amides is 1. The molecule has 2 aliphatic heterocycles. The molecule has 0 bridgehead atoms. The van der Waals surface area contributed by atoms with Crippen LogP contribution in [0.15, 0.2) is 58.3 Å². The van der Waals surface area contributed by atoms with E-state index < -0.39 is 25.6 Å². The van der Waals surface area contributed by atoms with Gasteiger partial charge >= 0.3 is 6.09 Å². The van der Waals surface area contributed by atoms with Gasteiger partial charge in [-0.15, -0.1) is 0 Å². The van der Waals surface area contributed by atoms with E-state index in [4.69, 9.17) is 4.74 Å². The number of rotatable bonds is 6. The third-order valence-corrected chi connectivity index (χ3v) is 9.40. The Morgan fingerprint density at radius 1 is 0.756 bits per heavy atom. The van der Waals surface area contributed by atoms with E-state index in [1.165, 1.54) is 14.1 Å². The molecule has 14 heteroatoms. The van der Waals surface area contributed by atoms with E-state index in [2.05, 4.69) is 24.6 Å². The van der Waals surface area contributed by atoms with Gasteiger partial charge in [0.2, 0.25) is 20.0 Å². The van der Waals surface area contributed by atoms with Crippen LogP contribution in [-0.4, -0.2) is 99.9 Å². The summed E-state index contributed by atoms with van der Waals surface area (Å²) < 4.78 is 57.2. The number of ether oxygens (including phenoxy) is 1. The molecule has 1 amide bonds. The molecular formula is C27H42N6O6S2. The van der Waals surface area contributed by atoms with Gasteiger partial charge in [-0.1, -0.05) is 12.1 Å². The summed E-state index contributed by atoms with van der Waals surface area (Å²) >= 11 is 0. The van der Waals surface area contributed by atoms with E-state index in [1.807, 2.05) is 32.9 Å². The quantitative estimate of drug-likeness (QED) is 0.445. The summed E-state index contributed by atoms with van der Waals surface area (Å²) in [4.78, 5) is 18.6. The van der Waals surface area contributed by atoms with Crippen LogP contribution >= 0.6 is 0 Å². The molecule has 2 saturated heterocycles. The van der Waals surface area contributed by atoms with Crippen molar-refractivity contribution in [2.45, 2.75) is 36.2 Å². The summed E-state index contributed by atoms with van der Waals surface area (Å²) in [5.74, 6) is 0. The number of carbonyl (C=O) groups excluding carboxylic acids is 1. The summed E-state index contributed by atoms with van der Waals surface area (Å²) in [6.45, 7) is 11.5. The van der Waals surface area contributed by atoms with Crippen LogP contribution < -0.4 is 24.6 Å². The minimum atomic E-state index is -3.47. The normalized spacial score (nSPS) is 16.6. The van der Waals surface area contributed by atoms with Gasteiger partial charge in [-0.2, -0.15) is 0 Å². The van der Waals surface area contributed by atoms with Crippen LogP contribution in [0.3, 0.4) is 0 Å². The van der Waals surface area contributed by atoms with Crippen molar-refractivity contribution in [3.05, 3.63) is 48.5 Å². The van der Waals surface area contributed by atoms with E-state index in [0.29, 0.717) is 31.1 Å². The maximum atomic E-state index is 12.1. The number of hydrogen-bond donors (Lipinski definition) is 3. The molecule has 12 nitrogen and oxygen atoms in total. The first-order valence-corrected chi connectivity index (χ1v) is 16.5. The monoisotopic (exact) mass is 610 g/mol. The fourth-order valence-corrected chi connectivity index (χ4v) is 5.87. The molecular weight excluding hydrogens is 568 g/mol. The molecule has 2 aromatic carbocycles. The molecule has 0 atom stereocenters. The molecule has 2 aromatic rings. The van der Waals surface area contributed by atoms with Crippen LogP contribution in [0.25, 0.3) is 0 Å². The van der Waals surface area contributed by atoms with Crippen molar-refractivity contribution in [1.82, 2.24) is 19.7 Å². The second-order valence-corrected chi connectivity index (χ2v) is 14.4. The lowest BCUT2D eigenvalue weighted by molar-refractivity contribution is 0.0240. The molecule has 0 aromatic heterocycles. The maximum Gasteiger partial charge on any atom is 0.410 e. The Balaban J connectivity index is 0.000000239. The van der Waals surface area contributed by atoms with Crippen molar-refractivity contribution < 1.29 is 26.4 Å². The van der Waals surface area contributed by atoms with E-state index in [0.717, 1.165) is 37.6 Å². The highest BCUT2D eigenvalue weighted by Gasteiger charge is 2.26. The summed E-state index contributed by atoms with van der Waals surface area (Å²) in [5, 5.41) is 3.27. The van der Waals surface area contributed by atoms with Crippen LogP contribution in [0, 0.1) is 0 Å². The van der Waals surface area contributed by atoms with Crippen LogP contribution in [-0.2, 0) is 24.8 Å². The molecule has 41 heavy (non-hydrogen) atoms. The highest BCUT2D eigenvalue weighted by Crippen LogP contribution is 2.22. The zero-order chi connectivity index (χ0) is 30.3. The Kier molecular flexibility index (Phi) is 11.0. The Morgan fingerprint density at radius 2 is 1.20 bits per heavy atom. The van der Waals surface area contributed by atoms with Crippen molar-refractivity contribution in [2.75, 3.05) is 76.3 Å². The summed E-state index contributed by atoms with van der Waals surface area (Å²) in [5.41, 5.74) is 1.28. The summed E-state index contributed by atoms with van der Waals surface area (Å²) in [7, 11) is -4.00. The molecule has 2 aliphatic rings. The van der Waals surface area contributed by atoms with Crippen molar-refractivity contribution in [2.24, 2.45) is 0 Å². The molecule has 4 rings (SSSR count). The number of nitrogens with zero attached hydrogens (tertiary/aromatic N) is 3. The number of hydrogen-bond acceptors (Lipinski definition) is 9. The highest BCUT2D eigenvalue weighted by molar-refractivity contribution is 7.89. The maximum absolute atomic E-state index is 12.1. The van der Waals surface area contributed by atoms with Gasteiger partial charge in [0.25, 0.3) is 0 Å². The number of anilines is 2. The lowest BCUT2D eigenvalue weighted by atomic mass is 10.2. The zero-order valence-corrected chi connectivity index (χ0v) is 26.0. The Hall–Kier alpha value is -2.91. The Bertz CT molecular complexity index is 1380. The Morgan fingerprint density at radius 3 is 1.61 bits per heavy atom. The number of nitrogens with one attached hydrogen (secondary N) is 3. The van der Waals surface area contributed by atoms with Gasteiger partial charge in [0, 0.05) is 63.7 Å². The first-order chi connectivity index (χ1) is 19.3. The first kappa shape index (κ1) is 32.6. The fraction of sp³-hybridized carbons (Fsp3) is 0.519. The molecule has 0 radical (unpaired) electrons. The zero-order valence-electron chi connectivity index (χ0n) is 24.4. The van der Waals surface area contributed by atoms with Crippen molar-refractivity contribution in [3.8, 4) is 0 Å². The average Bonchev–Trinajstić information content (AvgIpc) is 2.97. The lowest BCUT2D eigenvalue weighted by Crippen LogP contribution is -2.50. The molecule has 0 unspecified atom stereocenters. The molecule has 2 fully saturated rings. The van der Waals surface area contributed by atoms with Gasteiger partial charge in [-0.25, -0.2) is 31.1 Å². The predicted octanol–water partition coefficient (Wildman–Crippen LogP) is 1.66. The summed E-state index contributed by atoms with van der Waals surface area (Å²) in [6, 6.07) is 13.9. The molecule has 0 saturated carbocycles. The minimum Gasteiger partial charge on any atom is -0.444 e. The van der Waals surface area contributed by atoms with Crippen molar-refractivity contribution in [1.29, 1.82) is 0 Å². The second kappa shape index (κ2) is 13.8. The number of sulfonamides is 2. The van der Waals surface area contributed by atoms with E-state index in [9.17, 15) is 21.6 Å². The van der Waals surface area contributed by atoms with E-state index >= 15 is 0 Å². The van der Waals surface area contributed by atoms with Gasteiger partial charge in [-0.3, -0.25) is 0 Å². The molecule has 0 aliphatic carbocycles. The van der Waals surface area contributed by atoms with Crippen LogP contribution in [0.4, 0.5) is 16.2 Å². The predicted molar refractivity (Wildman–Crippen MR) is 160 cm³/mol. The van der Waals surface area contributed by atoms with Crippen LogP contribution in [0.1, 0.15) is 20.8 Å².